The summed E-state index contributed by atoms with van der Waals surface area (Å²) in [6, 6.07) is 108. The van der Waals surface area contributed by atoms with E-state index in [9.17, 15) is 0 Å². The molecular formula is C77H56N2Si2. The van der Waals surface area contributed by atoms with Crippen LogP contribution in [0.2, 0.25) is 0 Å². The first-order chi connectivity index (χ1) is 40.0. The normalized spacial score (nSPS) is 14.8. The van der Waals surface area contributed by atoms with Crippen molar-refractivity contribution in [2.24, 2.45) is 0 Å². The van der Waals surface area contributed by atoms with Gasteiger partial charge in [-0.1, -0.05) is 297 Å². The number of benzene rings is 11. The molecule has 2 aliphatic heterocycles. The Kier molecular flexibility index (Phi) is 12.7. The van der Waals surface area contributed by atoms with Gasteiger partial charge in [0, 0.05) is 16.7 Å². The molecule has 0 bridgehead atoms. The molecule has 11 aromatic carbocycles. The molecule has 1 unspecified atom stereocenters. The summed E-state index contributed by atoms with van der Waals surface area (Å²) in [6.07, 6.45) is 6.21. The third kappa shape index (κ3) is 8.38. The molecule has 14 rings (SSSR count). The van der Waals surface area contributed by atoms with Crippen molar-refractivity contribution in [1.29, 1.82) is 0 Å². The lowest BCUT2D eigenvalue weighted by molar-refractivity contribution is 1.18. The Hall–Kier alpha value is -9.85. The van der Waals surface area contributed by atoms with E-state index in [4.69, 9.17) is 9.97 Å². The van der Waals surface area contributed by atoms with E-state index < -0.39 is 16.1 Å². The number of hydrogen-bond acceptors (Lipinski definition) is 2. The maximum Gasteiger partial charge on any atom is 0.180 e. The van der Waals surface area contributed by atoms with Crippen molar-refractivity contribution in [3.05, 3.63) is 327 Å². The topological polar surface area (TPSA) is 25.8 Å². The zero-order chi connectivity index (χ0) is 54.3. The molecule has 382 valence electrons. The van der Waals surface area contributed by atoms with Gasteiger partial charge >= 0.3 is 0 Å². The molecule has 0 N–H and O–H groups in total. The van der Waals surface area contributed by atoms with Gasteiger partial charge < -0.3 is 0 Å². The van der Waals surface area contributed by atoms with Gasteiger partial charge in [-0.2, -0.15) is 0 Å². The molecule has 2 aliphatic rings. The van der Waals surface area contributed by atoms with Crippen LogP contribution in [0.1, 0.15) is 12.5 Å². The average molecular weight is 1070 g/mol. The Morgan fingerprint density at radius 3 is 1.20 bits per heavy atom. The first-order valence-corrected chi connectivity index (χ1v) is 31.9. The first-order valence-electron chi connectivity index (χ1n) is 27.9. The molecule has 0 spiro atoms. The summed E-state index contributed by atoms with van der Waals surface area (Å²) in [7, 11) is -5.37. The number of fused-ring (bicyclic) bond motifs is 4. The van der Waals surface area contributed by atoms with Crippen LogP contribution < -0.4 is 36.3 Å². The number of hydrogen-bond donors (Lipinski definition) is 0. The van der Waals surface area contributed by atoms with Crippen LogP contribution >= 0.6 is 0 Å². The van der Waals surface area contributed by atoms with Crippen molar-refractivity contribution in [3.8, 4) is 78.4 Å². The van der Waals surface area contributed by atoms with E-state index in [1.54, 1.807) is 0 Å². The smallest absolute Gasteiger partial charge is 0.180 e. The summed E-state index contributed by atoms with van der Waals surface area (Å²) in [5.74, 6) is 0.683. The molecule has 0 saturated heterocycles. The van der Waals surface area contributed by atoms with E-state index in [2.05, 4.69) is 311 Å². The summed E-state index contributed by atoms with van der Waals surface area (Å²) in [5, 5.41) is 11.2. The highest BCUT2D eigenvalue weighted by atomic mass is 28.3. The van der Waals surface area contributed by atoms with Gasteiger partial charge in [-0.15, -0.1) is 0 Å². The van der Waals surface area contributed by atoms with Crippen molar-refractivity contribution < 1.29 is 0 Å². The van der Waals surface area contributed by atoms with Crippen LogP contribution in [0.3, 0.4) is 0 Å². The number of nitrogens with zero attached hydrogens (tertiary/aromatic N) is 2. The summed E-state index contributed by atoms with van der Waals surface area (Å²) >= 11 is 0. The molecule has 4 heteroatoms. The zero-order valence-electron chi connectivity index (χ0n) is 45.0. The van der Waals surface area contributed by atoms with Gasteiger partial charge in [0.2, 0.25) is 0 Å². The lowest BCUT2D eigenvalue weighted by Crippen LogP contribution is -2.72. The van der Waals surface area contributed by atoms with Gasteiger partial charge in [0.15, 0.2) is 22.0 Å². The van der Waals surface area contributed by atoms with E-state index >= 15 is 0 Å². The fourth-order valence-electron chi connectivity index (χ4n) is 13.2. The number of allylic oxidation sites excluding steroid dienone is 5. The van der Waals surface area contributed by atoms with Crippen molar-refractivity contribution >= 4 is 58.0 Å². The van der Waals surface area contributed by atoms with Crippen LogP contribution in [-0.4, -0.2) is 26.1 Å². The Morgan fingerprint density at radius 1 is 0.309 bits per heavy atom. The van der Waals surface area contributed by atoms with Crippen LogP contribution in [0.4, 0.5) is 0 Å². The summed E-state index contributed by atoms with van der Waals surface area (Å²) < 4.78 is 0. The molecule has 12 aromatic rings. The second-order valence-electron chi connectivity index (χ2n) is 21.2. The van der Waals surface area contributed by atoms with Crippen LogP contribution in [0.5, 0.6) is 0 Å². The minimum Gasteiger partial charge on any atom is -0.228 e. The summed E-state index contributed by atoms with van der Waals surface area (Å²) in [4.78, 5) is 10.7. The van der Waals surface area contributed by atoms with E-state index in [1.807, 2.05) is 12.1 Å². The minimum absolute atomic E-state index is 0.683. The molecule has 0 radical (unpaired) electrons. The monoisotopic (exact) mass is 1060 g/mol. The Morgan fingerprint density at radius 2 is 0.667 bits per heavy atom. The van der Waals surface area contributed by atoms with E-state index in [-0.39, 0.29) is 0 Å². The van der Waals surface area contributed by atoms with Crippen LogP contribution in [0.15, 0.2) is 321 Å². The summed E-state index contributed by atoms with van der Waals surface area (Å²) in [6.45, 7) is 6.40. The highest BCUT2D eigenvalue weighted by molar-refractivity contribution is 7.22. The quantitative estimate of drug-likeness (QED) is 0.0900. The Bertz CT molecular complexity index is 4330. The van der Waals surface area contributed by atoms with Gasteiger partial charge in [0.05, 0.1) is 11.4 Å². The van der Waals surface area contributed by atoms with Gasteiger partial charge in [-0.05, 0) is 123 Å². The fraction of sp³-hybridized carbons (Fsp3) is 0.0130. The predicted octanol–water partition coefficient (Wildman–Crippen LogP) is 14.4. The highest BCUT2D eigenvalue weighted by Crippen LogP contribution is 2.38. The van der Waals surface area contributed by atoms with Crippen molar-refractivity contribution in [3.63, 3.8) is 0 Å². The van der Waals surface area contributed by atoms with E-state index in [0.29, 0.717) is 5.82 Å². The second kappa shape index (κ2) is 20.8. The molecule has 0 amide bonds. The maximum absolute atomic E-state index is 5.44. The third-order valence-electron chi connectivity index (χ3n) is 16.9. The zero-order valence-corrected chi connectivity index (χ0v) is 47.0. The highest BCUT2D eigenvalue weighted by Gasteiger charge is 2.49. The van der Waals surface area contributed by atoms with E-state index in [0.717, 1.165) is 55.9 Å². The van der Waals surface area contributed by atoms with Gasteiger partial charge in [0.25, 0.3) is 0 Å². The Balaban J connectivity index is 0.947. The lowest BCUT2D eigenvalue weighted by Gasteiger charge is -2.32. The van der Waals surface area contributed by atoms with Gasteiger partial charge in [0.1, 0.15) is 0 Å². The molecular weight excluding hydrogens is 1010 g/mol. The average Bonchev–Trinajstić information content (AvgIpc) is 3.94. The van der Waals surface area contributed by atoms with Gasteiger partial charge in [-0.3, -0.25) is 0 Å². The van der Waals surface area contributed by atoms with Crippen LogP contribution in [0.25, 0.3) is 84.0 Å². The lowest BCUT2D eigenvalue weighted by atomic mass is 9.94. The van der Waals surface area contributed by atoms with Crippen LogP contribution in [0, 0.1) is 0 Å². The fourth-order valence-corrected chi connectivity index (χ4v) is 23.5. The Labute approximate surface area is 477 Å². The van der Waals surface area contributed by atoms with Crippen molar-refractivity contribution in [1.82, 2.24) is 9.97 Å². The van der Waals surface area contributed by atoms with Crippen LogP contribution in [-0.2, 0) is 0 Å². The van der Waals surface area contributed by atoms with Crippen molar-refractivity contribution in [2.45, 2.75) is 6.92 Å². The molecule has 1 atom stereocenters. The number of rotatable bonds is 12. The summed E-state index contributed by atoms with van der Waals surface area (Å²) in [5.41, 5.74) is 16.9. The molecule has 81 heavy (non-hydrogen) atoms. The molecule has 0 aliphatic carbocycles. The molecule has 0 saturated carbocycles. The third-order valence-corrected chi connectivity index (χ3v) is 26.9. The largest absolute Gasteiger partial charge is 0.228 e. The van der Waals surface area contributed by atoms with Gasteiger partial charge in [-0.25, -0.2) is 9.97 Å². The molecule has 1 aromatic heterocycles. The second-order valence-corrected chi connectivity index (χ2v) is 28.9. The molecule has 3 heterocycles. The van der Waals surface area contributed by atoms with E-state index in [1.165, 1.54) is 69.3 Å². The maximum atomic E-state index is 5.44. The standard InChI is InChI=1S/C77H56N2Si2/c1-3-4-31-68-54(2)80(64-27-13-7-14-28-64,74-35-20-17-32-69(68)74)66-46-42-57(43-47-66)61-50-62(58-44-48-67(49-45-58)81(65-29-15-8-16-30-65)75-36-21-18-33-70(75)71-34-19-22-37-76(71)81)52-63(51-61)73-53-72(78-77(79-73)60-25-11-6-12-26-60)59-40-38-56(39-41-59)55-23-9-5-10-24-55/h3-53H,1H2,2H3/b31-4-. The first kappa shape index (κ1) is 49.4. The SMILES string of the molecule is C=C/C=C\C1=C(C)[Si](c2ccccc2)(c2ccc(-c3cc(-c4ccc([Si]5(c6ccccc6)c6ccccc6-c6ccccc65)cc4)cc(-c4cc(-c5ccc(-c6ccccc6)cc5)nc(-c5ccccc5)n4)c3)cc2)c2ccccc21. The predicted molar refractivity (Wildman–Crippen MR) is 347 cm³/mol. The molecule has 0 fully saturated rings. The minimum atomic E-state index is -2.69. The van der Waals surface area contributed by atoms with Crippen molar-refractivity contribution in [2.75, 3.05) is 0 Å². The number of aromatic nitrogens is 2. The molecule has 2 nitrogen and oxygen atoms in total.